The van der Waals surface area contributed by atoms with Crippen molar-refractivity contribution in [1.82, 2.24) is 20.6 Å². The molecule has 1 aromatic carbocycles. The van der Waals surface area contributed by atoms with Crippen LogP contribution in [0.5, 0.6) is 5.88 Å². The van der Waals surface area contributed by atoms with E-state index >= 15 is 0 Å². The third kappa shape index (κ3) is 7.78. The molecule has 232 valence electrons. The second-order valence-electron chi connectivity index (χ2n) is 13.2. The zero-order valence-electron chi connectivity index (χ0n) is 25.7. The third-order valence-corrected chi connectivity index (χ3v) is 9.20. The van der Waals surface area contributed by atoms with Gasteiger partial charge in [0.25, 0.3) is 0 Å². The molecule has 0 saturated heterocycles. The number of aliphatic hydroxyl groups excluding tert-OH is 1. The van der Waals surface area contributed by atoms with Crippen LogP contribution >= 0.6 is 11.3 Å². The largest absolute Gasteiger partial charge is 0.471 e. The normalized spacial score (nSPS) is 19.6. The number of aliphatic hydroxyl groups is 1. The van der Waals surface area contributed by atoms with E-state index in [0.717, 1.165) is 43.2 Å². The van der Waals surface area contributed by atoms with E-state index in [9.17, 15) is 14.3 Å². The van der Waals surface area contributed by atoms with Crippen LogP contribution in [0.25, 0.3) is 10.6 Å². The molecule has 1 amide bonds. The van der Waals surface area contributed by atoms with Gasteiger partial charge in [-0.25, -0.2) is 14.4 Å². The van der Waals surface area contributed by atoms with E-state index in [1.165, 1.54) is 30.6 Å². The van der Waals surface area contributed by atoms with Gasteiger partial charge in [-0.05, 0) is 79.8 Å². The van der Waals surface area contributed by atoms with Crippen LogP contribution in [-0.2, 0) is 22.4 Å². The number of nitrogens with zero attached hydrogens (tertiary/aromatic N) is 2. The smallest absolute Gasteiger partial charge is 0.249 e. The van der Waals surface area contributed by atoms with Crippen molar-refractivity contribution in [2.45, 2.75) is 96.1 Å². The predicted molar refractivity (Wildman–Crippen MR) is 166 cm³/mol. The summed E-state index contributed by atoms with van der Waals surface area (Å²) in [6, 6.07) is 6.17. The standard InChI is InChI=1S/C33H43FN4O4S/c1-20(41-5)29(40)38-26(14-21-11-23(15-24(34)12-21)31-35-9-10-43-31)28(39)19-36-27-17-33(7-6-8-33)42-30-25(27)13-22(18-37-30)16-32(2,3)4/h9-13,15,18,20,26-28,36,39H,6-8,14,16-17,19H2,1-5H3,(H,38,40)/t20?,26-,27-,28+/m0/s1. The van der Waals surface area contributed by atoms with Crippen molar-refractivity contribution in [3.8, 4) is 16.5 Å². The highest BCUT2D eigenvalue weighted by molar-refractivity contribution is 7.13. The van der Waals surface area contributed by atoms with Gasteiger partial charge < -0.3 is 25.2 Å². The molecule has 10 heteroatoms. The average molecular weight is 611 g/mol. The lowest BCUT2D eigenvalue weighted by molar-refractivity contribution is -0.131. The van der Waals surface area contributed by atoms with E-state index in [4.69, 9.17) is 14.5 Å². The number of rotatable bonds is 11. The zero-order valence-corrected chi connectivity index (χ0v) is 26.5. The second kappa shape index (κ2) is 13.0. The van der Waals surface area contributed by atoms with E-state index in [2.05, 4.69) is 42.5 Å². The Morgan fingerprint density at radius 2 is 2.02 bits per heavy atom. The number of benzene rings is 1. The number of amides is 1. The van der Waals surface area contributed by atoms with Crippen LogP contribution < -0.4 is 15.4 Å². The molecule has 1 saturated carbocycles. The summed E-state index contributed by atoms with van der Waals surface area (Å²) >= 11 is 1.43. The highest BCUT2D eigenvalue weighted by atomic mass is 32.1. The molecule has 1 aliphatic heterocycles. The molecule has 1 aliphatic carbocycles. The second-order valence-corrected chi connectivity index (χ2v) is 14.1. The van der Waals surface area contributed by atoms with Crippen LogP contribution in [0.15, 0.2) is 42.0 Å². The first-order valence-corrected chi connectivity index (χ1v) is 15.9. The predicted octanol–water partition coefficient (Wildman–Crippen LogP) is 5.39. The Labute approximate surface area is 257 Å². The van der Waals surface area contributed by atoms with Crippen LogP contribution in [0.2, 0.25) is 0 Å². The van der Waals surface area contributed by atoms with Crippen molar-refractivity contribution < 1.29 is 23.8 Å². The van der Waals surface area contributed by atoms with Gasteiger partial charge in [0, 0.05) is 55.0 Å². The van der Waals surface area contributed by atoms with Crippen molar-refractivity contribution in [2.75, 3.05) is 13.7 Å². The fourth-order valence-corrected chi connectivity index (χ4v) is 6.58. The lowest BCUT2D eigenvalue weighted by atomic mass is 9.73. The summed E-state index contributed by atoms with van der Waals surface area (Å²) in [5.74, 6) is -0.0818. The van der Waals surface area contributed by atoms with Gasteiger partial charge >= 0.3 is 0 Å². The Morgan fingerprint density at radius 3 is 2.67 bits per heavy atom. The van der Waals surface area contributed by atoms with Gasteiger partial charge in [-0.15, -0.1) is 11.3 Å². The number of ether oxygens (including phenoxy) is 2. The van der Waals surface area contributed by atoms with Crippen molar-refractivity contribution in [3.05, 3.63) is 64.5 Å². The lowest BCUT2D eigenvalue weighted by Gasteiger charge is -2.47. The first-order valence-electron chi connectivity index (χ1n) is 15.1. The number of methoxy groups -OCH3 is 1. The number of aromatic nitrogens is 2. The zero-order chi connectivity index (χ0) is 30.8. The molecule has 1 fully saturated rings. The quantitative estimate of drug-likeness (QED) is 0.267. The Morgan fingerprint density at radius 1 is 1.23 bits per heavy atom. The number of hydrogen-bond donors (Lipinski definition) is 3. The van der Waals surface area contributed by atoms with E-state index in [1.54, 1.807) is 13.1 Å². The molecule has 5 rings (SSSR count). The Kier molecular flexibility index (Phi) is 9.51. The summed E-state index contributed by atoms with van der Waals surface area (Å²) < 4.78 is 26.3. The molecule has 3 N–H and O–H groups in total. The molecule has 8 nitrogen and oxygen atoms in total. The maximum atomic E-state index is 14.7. The van der Waals surface area contributed by atoms with Gasteiger partial charge in [0.15, 0.2) is 0 Å². The van der Waals surface area contributed by atoms with Gasteiger partial charge in [0.1, 0.15) is 22.5 Å². The fourth-order valence-electron chi connectivity index (χ4n) is 5.95. The fraction of sp³-hybridized carbons (Fsp3) is 0.545. The SMILES string of the molecule is COC(C)C(=O)N[C@@H](Cc1cc(F)cc(-c2nccs2)c1)[C@H](O)CN[C@H]1CC2(CCC2)Oc2ncc(CC(C)(C)C)cc21. The van der Waals surface area contributed by atoms with Gasteiger partial charge in [0.2, 0.25) is 11.8 Å². The summed E-state index contributed by atoms with van der Waals surface area (Å²) in [6.45, 7) is 8.48. The van der Waals surface area contributed by atoms with Gasteiger partial charge in [0.05, 0.1) is 12.1 Å². The van der Waals surface area contributed by atoms with E-state index < -0.39 is 24.1 Å². The minimum absolute atomic E-state index is 0.0638. The Bertz CT molecular complexity index is 1410. The van der Waals surface area contributed by atoms with Crippen LogP contribution in [0.1, 0.15) is 76.1 Å². The summed E-state index contributed by atoms with van der Waals surface area (Å²) in [5.41, 5.74) is 3.34. The summed E-state index contributed by atoms with van der Waals surface area (Å²) in [6.07, 6.45) is 6.90. The number of carbonyl (C=O) groups excluding carboxylic acids is 1. The number of halogens is 1. The molecule has 4 atom stereocenters. The molecule has 1 spiro atoms. The highest BCUT2D eigenvalue weighted by Crippen LogP contribution is 2.48. The Hall–Kier alpha value is -2.92. The number of hydrogen-bond acceptors (Lipinski definition) is 8. The molecule has 2 aromatic heterocycles. The molecule has 3 aromatic rings. The van der Waals surface area contributed by atoms with Gasteiger partial charge in [-0.3, -0.25) is 4.79 Å². The molecule has 1 unspecified atom stereocenters. The van der Waals surface area contributed by atoms with Crippen LogP contribution in [0, 0.1) is 11.2 Å². The number of carbonyl (C=O) groups is 1. The lowest BCUT2D eigenvalue weighted by Crippen LogP contribution is -2.53. The Balaban J connectivity index is 1.36. The maximum absolute atomic E-state index is 14.7. The molecular weight excluding hydrogens is 567 g/mol. The molecule has 0 bridgehead atoms. The van der Waals surface area contributed by atoms with E-state index in [-0.39, 0.29) is 35.9 Å². The third-order valence-electron chi connectivity index (χ3n) is 8.38. The van der Waals surface area contributed by atoms with Crippen LogP contribution in [-0.4, -0.2) is 58.5 Å². The first-order chi connectivity index (χ1) is 20.4. The van der Waals surface area contributed by atoms with Crippen molar-refractivity contribution in [3.63, 3.8) is 0 Å². The minimum Gasteiger partial charge on any atom is -0.471 e. The minimum atomic E-state index is -0.964. The number of nitrogens with one attached hydrogen (secondary N) is 2. The van der Waals surface area contributed by atoms with E-state index in [1.807, 2.05) is 17.6 Å². The molecule has 43 heavy (non-hydrogen) atoms. The number of fused-ring (bicyclic) bond motifs is 1. The summed E-state index contributed by atoms with van der Waals surface area (Å²) in [5, 5.41) is 20.6. The monoisotopic (exact) mass is 610 g/mol. The van der Waals surface area contributed by atoms with Crippen molar-refractivity contribution in [2.24, 2.45) is 5.41 Å². The summed E-state index contributed by atoms with van der Waals surface area (Å²) in [4.78, 5) is 21.9. The van der Waals surface area contributed by atoms with E-state index in [0.29, 0.717) is 22.0 Å². The molecule has 2 aliphatic rings. The van der Waals surface area contributed by atoms with Crippen LogP contribution in [0.4, 0.5) is 4.39 Å². The average Bonchev–Trinajstić information content (AvgIpc) is 3.48. The maximum Gasteiger partial charge on any atom is 0.249 e. The van der Waals surface area contributed by atoms with Crippen LogP contribution in [0.3, 0.4) is 0 Å². The highest BCUT2D eigenvalue weighted by Gasteiger charge is 2.46. The van der Waals surface area contributed by atoms with Gasteiger partial charge in [-0.2, -0.15) is 0 Å². The topological polar surface area (TPSA) is 106 Å². The molecular formula is C33H43FN4O4S. The first kappa shape index (κ1) is 31.5. The summed E-state index contributed by atoms with van der Waals surface area (Å²) in [7, 11) is 1.46. The number of thiazole rings is 1. The van der Waals surface area contributed by atoms with Crippen molar-refractivity contribution in [1.29, 1.82) is 0 Å². The van der Waals surface area contributed by atoms with Gasteiger partial charge in [-0.1, -0.05) is 20.8 Å². The number of pyridine rings is 1. The van der Waals surface area contributed by atoms with Crippen molar-refractivity contribution >= 4 is 17.2 Å². The molecule has 3 heterocycles. The molecule has 0 radical (unpaired) electrons.